The molecule has 3 rings (SSSR count). The van der Waals surface area contributed by atoms with Gasteiger partial charge in [-0.25, -0.2) is 4.98 Å². The standard InChI is InChI=1S/C18H21ClN2O2/c1-2-18(12-22)7-9-21(10-8-18)17(23)15-11-13-5-3-4-6-14(13)16(19)20-15/h3-6,11,22H,2,7-10,12H2,1H3. The highest BCUT2D eigenvalue weighted by Gasteiger charge is 2.34. The Morgan fingerprint density at radius 1 is 1.35 bits per heavy atom. The fourth-order valence-corrected chi connectivity index (χ4v) is 3.50. The summed E-state index contributed by atoms with van der Waals surface area (Å²) < 4.78 is 0. The fourth-order valence-electron chi connectivity index (χ4n) is 3.24. The second-order valence-electron chi connectivity index (χ2n) is 6.32. The Morgan fingerprint density at radius 3 is 2.70 bits per heavy atom. The number of benzene rings is 1. The average Bonchev–Trinajstić information content (AvgIpc) is 2.61. The molecule has 2 heterocycles. The van der Waals surface area contributed by atoms with Crippen LogP contribution >= 0.6 is 11.6 Å². The van der Waals surface area contributed by atoms with Crippen LogP contribution in [0.25, 0.3) is 10.8 Å². The lowest BCUT2D eigenvalue weighted by Gasteiger charge is -2.40. The van der Waals surface area contributed by atoms with Gasteiger partial charge in [-0.15, -0.1) is 0 Å². The number of hydrogen-bond acceptors (Lipinski definition) is 3. The predicted octanol–water partition coefficient (Wildman–Crippen LogP) is 3.51. The van der Waals surface area contributed by atoms with Crippen LogP contribution in [0, 0.1) is 5.41 Å². The van der Waals surface area contributed by atoms with E-state index in [9.17, 15) is 9.90 Å². The third kappa shape index (κ3) is 3.06. The molecule has 0 radical (unpaired) electrons. The largest absolute Gasteiger partial charge is 0.396 e. The molecule has 1 N–H and O–H groups in total. The molecule has 0 aliphatic carbocycles. The number of aromatic nitrogens is 1. The summed E-state index contributed by atoms with van der Waals surface area (Å²) in [6.45, 7) is 3.59. The number of likely N-dealkylation sites (tertiary alicyclic amines) is 1. The first-order valence-electron chi connectivity index (χ1n) is 8.04. The van der Waals surface area contributed by atoms with E-state index in [1.165, 1.54) is 0 Å². The number of hydrogen-bond donors (Lipinski definition) is 1. The molecule has 23 heavy (non-hydrogen) atoms. The summed E-state index contributed by atoms with van der Waals surface area (Å²) in [5.74, 6) is -0.0831. The second kappa shape index (κ2) is 6.46. The lowest BCUT2D eigenvalue weighted by Crippen LogP contribution is -2.44. The zero-order valence-electron chi connectivity index (χ0n) is 13.3. The van der Waals surface area contributed by atoms with Crippen molar-refractivity contribution in [2.24, 2.45) is 5.41 Å². The van der Waals surface area contributed by atoms with Gasteiger partial charge >= 0.3 is 0 Å². The van der Waals surface area contributed by atoms with Gasteiger partial charge in [0.05, 0.1) is 0 Å². The van der Waals surface area contributed by atoms with Crippen LogP contribution in [0.3, 0.4) is 0 Å². The lowest BCUT2D eigenvalue weighted by molar-refractivity contribution is 0.0335. The molecular weight excluding hydrogens is 312 g/mol. The monoisotopic (exact) mass is 332 g/mol. The van der Waals surface area contributed by atoms with Gasteiger partial charge < -0.3 is 10.0 Å². The third-order valence-corrected chi connectivity index (χ3v) is 5.40. The first-order chi connectivity index (χ1) is 11.1. The number of amides is 1. The van der Waals surface area contributed by atoms with E-state index in [1.807, 2.05) is 29.2 Å². The molecule has 1 saturated heterocycles. The Kier molecular flexibility index (Phi) is 4.55. The highest BCUT2D eigenvalue weighted by atomic mass is 35.5. The molecule has 122 valence electrons. The molecule has 0 saturated carbocycles. The van der Waals surface area contributed by atoms with Gasteiger partial charge in [0.15, 0.2) is 0 Å². The van der Waals surface area contributed by atoms with Crippen LogP contribution in [-0.4, -0.2) is 40.6 Å². The third-order valence-electron chi connectivity index (χ3n) is 5.11. The molecule has 2 aromatic rings. The first kappa shape index (κ1) is 16.2. The average molecular weight is 333 g/mol. The Morgan fingerprint density at radius 2 is 2.04 bits per heavy atom. The maximum Gasteiger partial charge on any atom is 0.272 e. The molecule has 0 bridgehead atoms. The highest BCUT2D eigenvalue weighted by Crippen LogP contribution is 2.34. The van der Waals surface area contributed by atoms with E-state index in [-0.39, 0.29) is 17.9 Å². The minimum Gasteiger partial charge on any atom is -0.396 e. The van der Waals surface area contributed by atoms with E-state index in [4.69, 9.17) is 11.6 Å². The number of aliphatic hydroxyl groups excluding tert-OH is 1. The molecule has 1 fully saturated rings. The van der Waals surface area contributed by atoms with E-state index in [2.05, 4.69) is 11.9 Å². The molecular formula is C18H21ClN2O2. The number of halogens is 1. The van der Waals surface area contributed by atoms with Crippen LogP contribution in [0.2, 0.25) is 5.15 Å². The fraction of sp³-hybridized carbons (Fsp3) is 0.444. The number of carbonyl (C=O) groups excluding carboxylic acids is 1. The highest BCUT2D eigenvalue weighted by molar-refractivity contribution is 6.34. The Hall–Kier alpha value is -1.65. The number of carbonyl (C=O) groups is 1. The summed E-state index contributed by atoms with van der Waals surface area (Å²) in [5, 5.41) is 11.7. The molecule has 0 unspecified atom stereocenters. The van der Waals surface area contributed by atoms with Crippen LogP contribution in [0.4, 0.5) is 0 Å². The van der Waals surface area contributed by atoms with Crippen LogP contribution in [0.5, 0.6) is 0 Å². The van der Waals surface area contributed by atoms with Crippen molar-refractivity contribution in [1.29, 1.82) is 0 Å². The Labute approximate surface area is 141 Å². The number of fused-ring (bicyclic) bond motifs is 1. The van der Waals surface area contributed by atoms with Crippen LogP contribution in [0.15, 0.2) is 30.3 Å². The van der Waals surface area contributed by atoms with Crippen molar-refractivity contribution in [3.63, 3.8) is 0 Å². The Balaban J connectivity index is 1.82. The van der Waals surface area contributed by atoms with Gasteiger partial charge in [0.1, 0.15) is 10.8 Å². The second-order valence-corrected chi connectivity index (χ2v) is 6.68. The maximum absolute atomic E-state index is 12.7. The smallest absolute Gasteiger partial charge is 0.272 e. The minimum atomic E-state index is -0.0831. The van der Waals surface area contributed by atoms with Gasteiger partial charge in [0, 0.05) is 25.1 Å². The van der Waals surface area contributed by atoms with E-state index in [1.54, 1.807) is 6.07 Å². The zero-order valence-corrected chi connectivity index (χ0v) is 14.0. The quantitative estimate of drug-likeness (QED) is 0.875. The summed E-state index contributed by atoms with van der Waals surface area (Å²) in [5.41, 5.74) is 0.354. The number of nitrogens with zero attached hydrogens (tertiary/aromatic N) is 2. The van der Waals surface area contributed by atoms with Crippen LogP contribution in [-0.2, 0) is 0 Å². The summed E-state index contributed by atoms with van der Waals surface area (Å²) in [4.78, 5) is 18.8. The summed E-state index contributed by atoms with van der Waals surface area (Å²) in [6, 6.07) is 9.46. The molecule has 1 aromatic carbocycles. The number of aliphatic hydroxyl groups is 1. The normalized spacial score (nSPS) is 17.4. The van der Waals surface area contributed by atoms with E-state index >= 15 is 0 Å². The molecule has 1 aliphatic rings. The number of piperidine rings is 1. The summed E-state index contributed by atoms with van der Waals surface area (Å²) >= 11 is 6.22. The SMILES string of the molecule is CCC1(CO)CCN(C(=O)c2cc3ccccc3c(Cl)n2)CC1. The van der Waals surface area contributed by atoms with Gasteiger partial charge in [-0.2, -0.15) is 0 Å². The molecule has 1 amide bonds. The lowest BCUT2D eigenvalue weighted by atomic mass is 9.77. The maximum atomic E-state index is 12.7. The molecule has 1 aromatic heterocycles. The van der Waals surface area contributed by atoms with Gasteiger partial charge in [-0.1, -0.05) is 42.8 Å². The minimum absolute atomic E-state index is 0.0365. The molecule has 0 spiro atoms. The molecule has 0 atom stereocenters. The van der Waals surface area contributed by atoms with E-state index in [0.717, 1.165) is 30.0 Å². The first-order valence-corrected chi connectivity index (χ1v) is 8.42. The Bertz CT molecular complexity index is 718. The molecule has 1 aliphatic heterocycles. The van der Waals surface area contributed by atoms with Gasteiger partial charge in [-0.05, 0) is 36.1 Å². The molecule has 4 nitrogen and oxygen atoms in total. The van der Waals surface area contributed by atoms with Crippen molar-refractivity contribution in [1.82, 2.24) is 9.88 Å². The number of rotatable bonds is 3. The van der Waals surface area contributed by atoms with Crippen LogP contribution in [0.1, 0.15) is 36.7 Å². The van der Waals surface area contributed by atoms with Crippen molar-refractivity contribution in [2.45, 2.75) is 26.2 Å². The van der Waals surface area contributed by atoms with E-state index < -0.39 is 0 Å². The molecule has 5 heteroatoms. The van der Waals surface area contributed by atoms with Crippen molar-refractivity contribution in [3.8, 4) is 0 Å². The van der Waals surface area contributed by atoms with Crippen molar-refractivity contribution >= 4 is 28.3 Å². The van der Waals surface area contributed by atoms with Gasteiger partial charge in [0.2, 0.25) is 0 Å². The zero-order chi connectivity index (χ0) is 16.4. The predicted molar refractivity (Wildman–Crippen MR) is 91.7 cm³/mol. The summed E-state index contributed by atoms with van der Waals surface area (Å²) in [7, 11) is 0. The summed E-state index contributed by atoms with van der Waals surface area (Å²) in [6.07, 6.45) is 2.59. The van der Waals surface area contributed by atoms with E-state index in [0.29, 0.717) is 23.9 Å². The van der Waals surface area contributed by atoms with Crippen molar-refractivity contribution < 1.29 is 9.90 Å². The van der Waals surface area contributed by atoms with Gasteiger partial charge in [0.25, 0.3) is 5.91 Å². The van der Waals surface area contributed by atoms with Crippen LogP contribution < -0.4 is 0 Å². The van der Waals surface area contributed by atoms with Gasteiger partial charge in [-0.3, -0.25) is 4.79 Å². The topological polar surface area (TPSA) is 53.4 Å². The van der Waals surface area contributed by atoms with Crippen molar-refractivity contribution in [3.05, 3.63) is 41.2 Å². The number of pyridine rings is 1. The van der Waals surface area contributed by atoms with Crippen molar-refractivity contribution in [2.75, 3.05) is 19.7 Å².